The Hall–Kier alpha value is -4.76. The maximum absolute atomic E-state index is 13.9. The van der Waals surface area contributed by atoms with Gasteiger partial charge in [-0.25, -0.2) is 17.2 Å². The monoisotopic (exact) mass is 602 g/mol. The molecule has 3 aromatic carbocycles. The van der Waals surface area contributed by atoms with Gasteiger partial charge in [0.1, 0.15) is 0 Å². The number of nitrogens with zero attached hydrogens (tertiary/aromatic N) is 3. The Labute approximate surface area is 238 Å². The second-order valence-corrected chi connectivity index (χ2v) is 11.3. The second-order valence-electron chi connectivity index (χ2n) is 9.36. The van der Waals surface area contributed by atoms with Crippen molar-refractivity contribution in [1.82, 2.24) is 14.5 Å². The smallest absolute Gasteiger partial charge is 0.305 e. The van der Waals surface area contributed by atoms with E-state index in [-0.39, 0.29) is 29.9 Å². The molecule has 2 atom stereocenters. The molecule has 0 aliphatic carbocycles. The Balaban J connectivity index is 1.72. The number of carboxylic acids is 1. The molecule has 3 aromatic rings. The van der Waals surface area contributed by atoms with Gasteiger partial charge in [0.25, 0.3) is 17.5 Å². The fourth-order valence-electron chi connectivity index (χ4n) is 4.57. The molecule has 15 heteroatoms. The molecule has 12 nitrogen and oxygen atoms in total. The Kier molecular flexibility index (Phi) is 8.92. The highest BCUT2D eigenvalue weighted by Crippen LogP contribution is 2.27. The van der Waals surface area contributed by atoms with Gasteiger partial charge >= 0.3 is 5.97 Å². The van der Waals surface area contributed by atoms with Crippen LogP contribution in [0.4, 0.5) is 14.5 Å². The maximum Gasteiger partial charge on any atom is 0.305 e. The van der Waals surface area contributed by atoms with Crippen molar-refractivity contribution in [3.8, 4) is 0 Å². The van der Waals surface area contributed by atoms with E-state index in [1.807, 2.05) is 0 Å². The van der Waals surface area contributed by atoms with Gasteiger partial charge in [0.2, 0.25) is 10.0 Å². The highest BCUT2D eigenvalue weighted by molar-refractivity contribution is 7.88. The Bertz CT molecular complexity index is 1640. The third-order valence-corrected chi connectivity index (χ3v) is 8.31. The van der Waals surface area contributed by atoms with E-state index in [1.165, 1.54) is 18.2 Å². The first-order valence-corrected chi connectivity index (χ1v) is 14.0. The summed E-state index contributed by atoms with van der Waals surface area (Å²) in [6.45, 7) is -0.632. The van der Waals surface area contributed by atoms with Crippen LogP contribution in [0.3, 0.4) is 0 Å². The van der Waals surface area contributed by atoms with Gasteiger partial charge in [0, 0.05) is 30.8 Å². The van der Waals surface area contributed by atoms with Gasteiger partial charge in [-0.05, 0) is 29.3 Å². The number of nitro groups is 1. The molecular weight excluding hydrogens is 578 g/mol. The largest absolute Gasteiger partial charge is 0.481 e. The van der Waals surface area contributed by atoms with Crippen LogP contribution in [0, 0.1) is 21.7 Å². The fraction of sp³-hybridized carbons (Fsp3) is 0.222. The number of carboxylic acid groups (broad SMARTS) is 1. The van der Waals surface area contributed by atoms with Crippen LogP contribution in [0.15, 0.2) is 72.8 Å². The molecule has 1 saturated heterocycles. The SMILES string of the molecule is O=C(O)CC(NC(=O)C1N(C(=O)c2ccc(F)c(F)c2)CCN1S(=O)(=O)Cc1ccccc1)c1cccc([N+](=O)[O-])c1. The summed E-state index contributed by atoms with van der Waals surface area (Å²) in [5.74, 6) is -6.53. The predicted molar refractivity (Wildman–Crippen MR) is 143 cm³/mol. The number of hydrogen-bond acceptors (Lipinski definition) is 7. The first-order valence-electron chi connectivity index (χ1n) is 12.4. The number of carbonyl (C=O) groups excluding carboxylic acids is 2. The van der Waals surface area contributed by atoms with Gasteiger partial charge in [-0.1, -0.05) is 42.5 Å². The first kappa shape index (κ1) is 30.2. The molecule has 2 unspecified atom stereocenters. The number of aliphatic carboxylic acids is 1. The number of nitrogens with one attached hydrogen (secondary N) is 1. The van der Waals surface area contributed by atoms with Crippen LogP contribution in [0.5, 0.6) is 0 Å². The average molecular weight is 603 g/mol. The molecular formula is C27H24F2N4O8S. The summed E-state index contributed by atoms with van der Waals surface area (Å²) in [4.78, 5) is 50.1. The van der Waals surface area contributed by atoms with E-state index in [1.54, 1.807) is 30.3 Å². The van der Waals surface area contributed by atoms with Gasteiger partial charge < -0.3 is 15.3 Å². The number of amides is 2. The second kappa shape index (κ2) is 12.4. The van der Waals surface area contributed by atoms with E-state index in [0.717, 1.165) is 21.3 Å². The van der Waals surface area contributed by atoms with Crippen molar-refractivity contribution in [3.63, 3.8) is 0 Å². The number of benzene rings is 3. The van der Waals surface area contributed by atoms with Gasteiger partial charge in [0.15, 0.2) is 17.8 Å². The molecule has 0 bridgehead atoms. The van der Waals surface area contributed by atoms with Crippen LogP contribution >= 0.6 is 0 Å². The van der Waals surface area contributed by atoms with E-state index >= 15 is 0 Å². The van der Waals surface area contributed by atoms with Crippen molar-refractivity contribution in [3.05, 3.63) is 111 Å². The number of halogens is 2. The third kappa shape index (κ3) is 6.75. The first-order chi connectivity index (χ1) is 19.9. The summed E-state index contributed by atoms with van der Waals surface area (Å²) < 4.78 is 55.2. The highest BCUT2D eigenvalue weighted by Gasteiger charge is 2.46. The normalized spacial score (nSPS) is 16.1. The molecule has 220 valence electrons. The van der Waals surface area contributed by atoms with Crippen LogP contribution < -0.4 is 5.32 Å². The van der Waals surface area contributed by atoms with Crippen molar-refractivity contribution in [2.45, 2.75) is 24.4 Å². The summed E-state index contributed by atoms with van der Waals surface area (Å²) in [7, 11) is -4.27. The van der Waals surface area contributed by atoms with Gasteiger partial charge in [-0.3, -0.25) is 24.5 Å². The molecule has 1 heterocycles. The summed E-state index contributed by atoms with van der Waals surface area (Å²) in [5, 5.41) is 23.1. The van der Waals surface area contributed by atoms with Crippen LogP contribution in [0.1, 0.15) is 33.9 Å². The van der Waals surface area contributed by atoms with E-state index in [9.17, 15) is 46.8 Å². The van der Waals surface area contributed by atoms with E-state index in [2.05, 4.69) is 5.32 Å². The van der Waals surface area contributed by atoms with E-state index < -0.39 is 68.7 Å². The summed E-state index contributed by atoms with van der Waals surface area (Å²) in [6.07, 6.45) is -2.57. The molecule has 0 radical (unpaired) electrons. The number of nitro benzene ring substituents is 1. The number of carbonyl (C=O) groups is 3. The summed E-state index contributed by atoms with van der Waals surface area (Å²) in [5.41, 5.74) is -0.285. The number of hydrogen-bond donors (Lipinski definition) is 2. The molecule has 2 amide bonds. The lowest BCUT2D eigenvalue weighted by Crippen LogP contribution is -2.54. The quantitative estimate of drug-likeness (QED) is 0.264. The zero-order valence-corrected chi connectivity index (χ0v) is 22.5. The number of non-ortho nitro benzene ring substituents is 1. The zero-order valence-electron chi connectivity index (χ0n) is 21.7. The lowest BCUT2D eigenvalue weighted by molar-refractivity contribution is -0.384. The summed E-state index contributed by atoms with van der Waals surface area (Å²) in [6, 6.07) is 13.9. The average Bonchev–Trinajstić information content (AvgIpc) is 3.40. The molecule has 0 aromatic heterocycles. The van der Waals surface area contributed by atoms with Crippen molar-refractivity contribution in [2.75, 3.05) is 13.1 Å². The van der Waals surface area contributed by atoms with E-state index in [4.69, 9.17) is 0 Å². The Morgan fingerprint density at radius 2 is 1.71 bits per heavy atom. The van der Waals surface area contributed by atoms with Crippen LogP contribution in [-0.4, -0.2) is 64.7 Å². The topological polar surface area (TPSA) is 167 Å². The maximum atomic E-state index is 13.9. The van der Waals surface area contributed by atoms with E-state index in [0.29, 0.717) is 17.7 Å². The van der Waals surface area contributed by atoms with Crippen molar-refractivity contribution < 1.29 is 41.6 Å². The molecule has 0 spiro atoms. The van der Waals surface area contributed by atoms with Crippen LogP contribution in [0.2, 0.25) is 0 Å². The van der Waals surface area contributed by atoms with Crippen molar-refractivity contribution in [1.29, 1.82) is 0 Å². The predicted octanol–water partition coefficient (Wildman–Crippen LogP) is 2.82. The lowest BCUT2D eigenvalue weighted by atomic mass is 10.0. The third-order valence-electron chi connectivity index (χ3n) is 6.52. The lowest BCUT2D eigenvalue weighted by Gasteiger charge is -2.30. The van der Waals surface area contributed by atoms with Gasteiger partial charge in [-0.2, -0.15) is 4.31 Å². The van der Waals surface area contributed by atoms with Crippen molar-refractivity contribution in [2.24, 2.45) is 0 Å². The molecule has 2 N–H and O–H groups in total. The van der Waals surface area contributed by atoms with Gasteiger partial charge in [-0.15, -0.1) is 0 Å². The minimum atomic E-state index is -4.27. The number of rotatable bonds is 10. The minimum Gasteiger partial charge on any atom is -0.481 e. The molecule has 4 rings (SSSR count). The van der Waals surface area contributed by atoms with Crippen LogP contribution in [0.25, 0.3) is 0 Å². The Morgan fingerprint density at radius 3 is 2.36 bits per heavy atom. The fourth-order valence-corrected chi connectivity index (χ4v) is 6.23. The van der Waals surface area contributed by atoms with Gasteiger partial charge in [0.05, 0.1) is 23.1 Å². The minimum absolute atomic E-state index is 0.0510. The number of sulfonamides is 1. The van der Waals surface area contributed by atoms with Crippen molar-refractivity contribution >= 4 is 33.5 Å². The molecule has 42 heavy (non-hydrogen) atoms. The standard InChI is InChI=1S/C27H24F2N4O8S/c28-21-10-9-19(14-22(21)29)27(37)31-11-12-32(42(40,41)16-17-5-2-1-3-6-17)26(31)25(36)30-23(15-24(34)35)18-7-4-8-20(13-18)33(38)39/h1-10,13-14,23,26H,11-12,15-16H2,(H,30,36)(H,34,35). The Morgan fingerprint density at radius 1 is 1.00 bits per heavy atom. The molecule has 0 saturated carbocycles. The highest BCUT2D eigenvalue weighted by atomic mass is 32.2. The zero-order chi connectivity index (χ0) is 30.6. The summed E-state index contributed by atoms with van der Waals surface area (Å²) >= 11 is 0. The van der Waals surface area contributed by atoms with Crippen LogP contribution in [-0.2, 0) is 25.4 Å². The molecule has 1 aliphatic rings. The molecule has 1 aliphatic heterocycles. The molecule has 1 fully saturated rings.